The first-order chi connectivity index (χ1) is 13.0. The molecule has 27 heavy (non-hydrogen) atoms. The molecule has 140 valence electrons. The number of ether oxygens (including phenoxy) is 2. The molecule has 0 unspecified atom stereocenters. The Morgan fingerprint density at radius 1 is 0.963 bits per heavy atom. The van der Waals surface area contributed by atoms with E-state index in [1.807, 2.05) is 54.6 Å². The quantitative estimate of drug-likeness (QED) is 0.408. The van der Waals surface area contributed by atoms with Crippen molar-refractivity contribution in [1.29, 1.82) is 0 Å². The van der Waals surface area contributed by atoms with Crippen LogP contribution in [0.2, 0.25) is 10.0 Å². The van der Waals surface area contributed by atoms with Crippen molar-refractivity contribution in [3.05, 3.63) is 86.3 Å². The SMILES string of the molecule is COc1cc(CNc2ccc(Br)cc2)c(Cl)cc1OCc1cccc(Cl)c1. The summed E-state index contributed by atoms with van der Waals surface area (Å²) < 4.78 is 12.4. The smallest absolute Gasteiger partial charge is 0.163 e. The monoisotopic (exact) mass is 465 g/mol. The number of hydrogen-bond acceptors (Lipinski definition) is 3. The van der Waals surface area contributed by atoms with Crippen molar-refractivity contribution in [3.8, 4) is 11.5 Å². The van der Waals surface area contributed by atoms with Crippen LogP contribution in [0.3, 0.4) is 0 Å². The van der Waals surface area contributed by atoms with E-state index in [4.69, 9.17) is 32.7 Å². The Balaban J connectivity index is 1.71. The molecular formula is C21H18BrCl2NO2. The molecule has 0 heterocycles. The Labute approximate surface area is 177 Å². The van der Waals surface area contributed by atoms with Gasteiger partial charge in [-0.05, 0) is 53.6 Å². The third-order valence-corrected chi connectivity index (χ3v) is 5.06. The van der Waals surface area contributed by atoms with Crippen molar-refractivity contribution in [2.24, 2.45) is 0 Å². The zero-order valence-corrected chi connectivity index (χ0v) is 17.7. The molecule has 0 radical (unpaired) electrons. The second kappa shape index (κ2) is 9.36. The molecule has 0 spiro atoms. The van der Waals surface area contributed by atoms with Crippen LogP contribution in [0, 0.1) is 0 Å². The fraction of sp³-hybridized carbons (Fsp3) is 0.143. The van der Waals surface area contributed by atoms with Gasteiger partial charge >= 0.3 is 0 Å². The van der Waals surface area contributed by atoms with Gasteiger partial charge < -0.3 is 14.8 Å². The molecule has 0 aliphatic carbocycles. The van der Waals surface area contributed by atoms with Crippen LogP contribution in [-0.2, 0) is 13.2 Å². The molecule has 3 aromatic rings. The van der Waals surface area contributed by atoms with Crippen molar-refractivity contribution in [2.75, 3.05) is 12.4 Å². The first-order valence-electron chi connectivity index (χ1n) is 8.28. The molecular weight excluding hydrogens is 449 g/mol. The van der Waals surface area contributed by atoms with Crippen LogP contribution in [0.15, 0.2) is 65.1 Å². The van der Waals surface area contributed by atoms with E-state index in [0.717, 1.165) is 21.3 Å². The van der Waals surface area contributed by atoms with Gasteiger partial charge in [-0.3, -0.25) is 0 Å². The average molecular weight is 467 g/mol. The van der Waals surface area contributed by atoms with Gasteiger partial charge in [0.2, 0.25) is 0 Å². The number of benzene rings is 3. The summed E-state index contributed by atoms with van der Waals surface area (Å²) in [6.07, 6.45) is 0. The van der Waals surface area contributed by atoms with Crippen LogP contribution in [-0.4, -0.2) is 7.11 Å². The van der Waals surface area contributed by atoms with Gasteiger partial charge in [-0.15, -0.1) is 0 Å². The zero-order valence-electron chi connectivity index (χ0n) is 14.6. The van der Waals surface area contributed by atoms with Gasteiger partial charge in [0.1, 0.15) is 6.61 Å². The van der Waals surface area contributed by atoms with Crippen LogP contribution in [0.4, 0.5) is 5.69 Å². The highest BCUT2D eigenvalue weighted by Gasteiger charge is 2.11. The third-order valence-electron chi connectivity index (χ3n) is 3.94. The van der Waals surface area contributed by atoms with Gasteiger partial charge in [0, 0.05) is 32.8 Å². The summed E-state index contributed by atoms with van der Waals surface area (Å²) in [5.41, 5.74) is 2.91. The molecule has 0 aromatic heterocycles. The molecule has 6 heteroatoms. The Kier molecular flexibility index (Phi) is 6.89. The molecule has 1 N–H and O–H groups in total. The van der Waals surface area contributed by atoms with Crippen molar-refractivity contribution in [1.82, 2.24) is 0 Å². The van der Waals surface area contributed by atoms with Crippen LogP contribution in [0.25, 0.3) is 0 Å². The molecule has 0 fully saturated rings. The van der Waals surface area contributed by atoms with Crippen molar-refractivity contribution in [2.45, 2.75) is 13.2 Å². The Morgan fingerprint density at radius 3 is 2.44 bits per heavy atom. The third kappa shape index (κ3) is 5.55. The predicted octanol–water partition coefficient (Wildman–Crippen LogP) is 6.96. The van der Waals surface area contributed by atoms with Crippen LogP contribution in [0.5, 0.6) is 11.5 Å². The minimum atomic E-state index is 0.379. The van der Waals surface area contributed by atoms with Gasteiger partial charge in [0.25, 0.3) is 0 Å². The standard InChI is InChI=1S/C21H18BrCl2NO2/c1-26-20-10-15(12-25-18-7-5-16(22)6-8-18)19(24)11-21(20)27-13-14-3-2-4-17(23)9-14/h2-11,25H,12-13H2,1H3. The second-order valence-electron chi connectivity index (χ2n) is 5.87. The van der Waals surface area contributed by atoms with Crippen LogP contribution >= 0.6 is 39.1 Å². The Bertz CT molecular complexity index is 917. The molecule has 0 aliphatic heterocycles. The lowest BCUT2D eigenvalue weighted by atomic mass is 10.2. The normalized spacial score (nSPS) is 10.5. The lowest BCUT2D eigenvalue weighted by molar-refractivity contribution is 0.284. The number of methoxy groups -OCH3 is 1. The minimum Gasteiger partial charge on any atom is -0.493 e. The fourth-order valence-corrected chi connectivity index (χ4v) is 3.24. The average Bonchev–Trinajstić information content (AvgIpc) is 2.67. The van der Waals surface area contributed by atoms with E-state index in [-0.39, 0.29) is 0 Å². The highest BCUT2D eigenvalue weighted by Crippen LogP contribution is 2.34. The first kappa shape index (κ1) is 19.9. The van der Waals surface area contributed by atoms with E-state index >= 15 is 0 Å². The van der Waals surface area contributed by atoms with E-state index in [1.165, 1.54) is 0 Å². The van der Waals surface area contributed by atoms with Gasteiger partial charge in [-0.1, -0.05) is 51.3 Å². The maximum Gasteiger partial charge on any atom is 0.163 e. The van der Waals surface area contributed by atoms with Crippen LogP contribution < -0.4 is 14.8 Å². The van der Waals surface area contributed by atoms with Crippen molar-refractivity contribution in [3.63, 3.8) is 0 Å². The topological polar surface area (TPSA) is 30.5 Å². The number of hydrogen-bond donors (Lipinski definition) is 1. The Hall–Kier alpha value is -1.88. The largest absolute Gasteiger partial charge is 0.493 e. The van der Waals surface area contributed by atoms with E-state index in [9.17, 15) is 0 Å². The summed E-state index contributed by atoms with van der Waals surface area (Å²) in [5, 5.41) is 4.64. The van der Waals surface area contributed by atoms with E-state index in [1.54, 1.807) is 13.2 Å². The number of halogens is 3. The lowest BCUT2D eigenvalue weighted by Crippen LogP contribution is -2.03. The number of nitrogens with one attached hydrogen (secondary N) is 1. The van der Waals surface area contributed by atoms with Gasteiger partial charge in [0.05, 0.1) is 7.11 Å². The van der Waals surface area contributed by atoms with E-state index in [2.05, 4.69) is 21.2 Å². The molecule has 0 bridgehead atoms. The van der Waals surface area contributed by atoms with Gasteiger partial charge in [0.15, 0.2) is 11.5 Å². The van der Waals surface area contributed by atoms with Crippen LogP contribution in [0.1, 0.15) is 11.1 Å². The highest BCUT2D eigenvalue weighted by atomic mass is 79.9. The summed E-state index contributed by atoms with van der Waals surface area (Å²) in [5.74, 6) is 1.23. The summed E-state index contributed by atoms with van der Waals surface area (Å²) in [6, 6.07) is 19.2. The molecule has 0 amide bonds. The number of rotatable bonds is 7. The summed E-state index contributed by atoms with van der Waals surface area (Å²) in [6.45, 7) is 0.954. The molecule has 3 aromatic carbocycles. The molecule has 3 nitrogen and oxygen atoms in total. The minimum absolute atomic E-state index is 0.379. The molecule has 0 saturated heterocycles. The fourth-order valence-electron chi connectivity index (χ4n) is 2.54. The van der Waals surface area contributed by atoms with Gasteiger partial charge in [-0.25, -0.2) is 0 Å². The zero-order chi connectivity index (χ0) is 19.2. The van der Waals surface area contributed by atoms with Crippen molar-refractivity contribution >= 4 is 44.8 Å². The molecule has 0 atom stereocenters. The molecule has 0 aliphatic rings. The molecule has 0 saturated carbocycles. The first-order valence-corrected chi connectivity index (χ1v) is 9.83. The second-order valence-corrected chi connectivity index (χ2v) is 7.63. The van der Waals surface area contributed by atoms with E-state index in [0.29, 0.717) is 34.7 Å². The summed E-state index contributed by atoms with van der Waals surface area (Å²) >= 11 is 15.9. The lowest BCUT2D eigenvalue weighted by Gasteiger charge is -2.15. The summed E-state index contributed by atoms with van der Waals surface area (Å²) in [4.78, 5) is 0. The number of anilines is 1. The van der Waals surface area contributed by atoms with Gasteiger partial charge in [-0.2, -0.15) is 0 Å². The Morgan fingerprint density at radius 2 is 1.74 bits per heavy atom. The highest BCUT2D eigenvalue weighted by molar-refractivity contribution is 9.10. The maximum absolute atomic E-state index is 6.45. The predicted molar refractivity (Wildman–Crippen MR) is 115 cm³/mol. The maximum atomic E-state index is 6.45. The van der Waals surface area contributed by atoms with E-state index < -0.39 is 0 Å². The molecule has 3 rings (SSSR count). The summed E-state index contributed by atoms with van der Waals surface area (Å²) in [7, 11) is 1.61. The van der Waals surface area contributed by atoms with Crippen molar-refractivity contribution < 1.29 is 9.47 Å².